The molecule has 1 heterocycles. The van der Waals surface area contributed by atoms with Crippen molar-refractivity contribution < 1.29 is 22.4 Å². The number of rotatable bonds is 8. The van der Waals surface area contributed by atoms with Crippen molar-refractivity contribution in [3.8, 4) is 5.75 Å². The molecular formula is C21H21N3O5S2. The Bertz CT molecular complexity index is 1140. The number of amides is 1. The van der Waals surface area contributed by atoms with Gasteiger partial charge in [-0.3, -0.25) is 10.1 Å². The zero-order chi connectivity index (χ0) is 22.3. The summed E-state index contributed by atoms with van der Waals surface area (Å²) in [6.45, 7) is 2.41. The van der Waals surface area contributed by atoms with Gasteiger partial charge in [0.1, 0.15) is 11.5 Å². The van der Waals surface area contributed by atoms with Gasteiger partial charge < -0.3 is 14.5 Å². The van der Waals surface area contributed by atoms with Crippen LogP contribution in [0.5, 0.6) is 5.75 Å². The molecule has 3 rings (SSSR count). The van der Waals surface area contributed by atoms with Crippen LogP contribution in [0.1, 0.15) is 23.0 Å². The number of furan rings is 1. The topological polar surface area (TPSA) is 110 Å². The van der Waals surface area contributed by atoms with E-state index in [1.54, 1.807) is 48.5 Å². The second-order valence-corrected chi connectivity index (χ2v) is 8.47. The molecule has 162 valence electrons. The minimum atomic E-state index is -3.70. The third kappa shape index (κ3) is 6.38. The molecule has 0 atom stereocenters. The van der Waals surface area contributed by atoms with Gasteiger partial charge in [-0.15, -0.1) is 0 Å². The zero-order valence-electron chi connectivity index (χ0n) is 16.6. The fourth-order valence-electron chi connectivity index (χ4n) is 2.61. The Morgan fingerprint density at radius 3 is 2.55 bits per heavy atom. The second kappa shape index (κ2) is 10.2. The lowest BCUT2D eigenvalue weighted by Crippen LogP contribution is -2.34. The van der Waals surface area contributed by atoms with Crippen LogP contribution < -0.4 is 20.1 Å². The Balaban J connectivity index is 1.57. The molecule has 0 fully saturated rings. The van der Waals surface area contributed by atoms with Crippen molar-refractivity contribution in [3.05, 3.63) is 78.3 Å². The molecule has 0 unspecified atom stereocenters. The maximum Gasteiger partial charge on any atom is 0.257 e. The Labute approximate surface area is 185 Å². The van der Waals surface area contributed by atoms with E-state index in [-0.39, 0.29) is 22.5 Å². The number of carbonyl (C=O) groups excluding carboxylic acids is 1. The van der Waals surface area contributed by atoms with E-state index in [0.29, 0.717) is 29.4 Å². The van der Waals surface area contributed by atoms with E-state index in [4.69, 9.17) is 21.4 Å². The van der Waals surface area contributed by atoms with Crippen molar-refractivity contribution in [2.24, 2.45) is 0 Å². The number of ether oxygens (including phenoxy) is 1. The minimum absolute atomic E-state index is 0.0515. The van der Waals surface area contributed by atoms with Crippen LogP contribution in [-0.2, 0) is 16.6 Å². The van der Waals surface area contributed by atoms with E-state index in [1.807, 2.05) is 6.92 Å². The quantitative estimate of drug-likeness (QED) is 0.444. The SMILES string of the molecule is CCOc1cccc(C(=O)NC(=S)Nc2ccc(S(=O)(=O)NCc3ccco3)cc2)c1. The molecule has 0 aliphatic heterocycles. The number of benzene rings is 2. The summed E-state index contributed by atoms with van der Waals surface area (Å²) in [5.74, 6) is 0.710. The summed E-state index contributed by atoms with van der Waals surface area (Å²) < 4.78 is 37.7. The summed E-state index contributed by atoms with van der Waals surface area (Å²) in [4.78, 5) is 12.5. The summed E-state index contributed by atoms with van der Waals surface area (Å²) in [5, 5.41) is 5.51. The minimum Gasteiger partial charge on any atom is -0.494 e. The third-order valence-electron chi connectivity index (χ3n) is 4.07. The Morgan fingerprint density at radius 1 is 1.10 bits per heavy atom. The van der Waals surface area contributed by atoms with E-state index in [2.05, 4.69) is 15.4 Å². The molecule has 31 heavy (non-hydrogen) atoms. The van der Waals surface area contributed by atoms with Crippen molar-refractivity contribution in [1.82, 2.24) is 10.0 Å². The lowest BCUT2D eigenvalue weighted by atomic mass is 10.2. The number of nitrogens with one attached hydrogen (secondary N) is 3. The molecule has 0 aliphatic rings. The Hall–Kier alpha value is -3.21. The Kier molecular flexibility index (Phi) is 7.40. The predicted molar refractivity (Wildman–Crippen MR) is 120 cm³/mol. The molecular weight excluding hydrogens is 438 g/mol. The summed E-state index contributed by atoms with van der Waals surface area (Å²) in [5.41, 5.74) is 0.928. The highest BCUT2D eigenvalue weighted by atomic mass is 32.2. The molecule has 1 aromatic heterocycles. The van der Waals surface area contributed by atoms with Crippen LogP contribution in [0.3, 0.4) is 0 Å². The third-order valence-corrected chi connectivity index (χ3v) is 5.69. The van der Waals surface area contributed by atoms with Crippen molar-refractivity contribution in [1.29, 1.82) is 0 Å². The first-order chi connectivity index (χ1) is 14.9. The van der Waals surface area contributed by atoms with Crippen molar-refractivity contribution in [2.45, 2.75) is 18.4 Å². The lowest BCUT2D eigenvalue weighted by Gasteiger charge is -2.11. The fraction of sp³-hybridized carbons (Fsp3) is 0.143. The number of thiocarbonyl (C=S) groups is 1. The monoisotopic (exact) mass is 459 g/mol. The average molecular weight is 460 g/mol. The fourth-order valence-corrected chi connectivity index (χ4v) is 3.82. The highest BCUT2D eigenvalue weighted by Gasteiger charge is 2.15. The van der Waals surface area contributed by atoms with Crippen LogP contribution in [0.4, 0.5) is 5.69 Å². The molecule has 0 spiro atoms. The van der Waals surface area contributed by atoms with Crippen molar-refractivity contribution in [2.75, 3.05) is 11.9 Å². The van der Waals surface area contributed by atoms with Gasteiger partial charge in [0.2, 0.25) is 10.0 Å². The maximum absolute atomic E-state index is 12.4. The first kappa shape index (κ1) is 22.5. The molecule has 0 radical (unpaired) electrons. The molecule has 0 saturated heterocycles. The molecule has 8 nitrogen and oxygen atoms in total. The summed E-state index contributed by atoms with van der Waals surface area (Å²) >= 11 is 5.17. The van der Waals surface area contributed by atoms with Crippen LogP contribution in [-0.4, -0.2) is 26.0 Å². The van der Waals surface area contributed by atoms with Gasteiger partial charge in [0, 0.05) is 11.3 Å². The Morgan fingerprint density at radius 2 is 1.87 bits per heavy atom. The number of sulfonamides is 1. The van der Waals surface area contributed by atoms with E-state index < -0.39 is 10.0 Å². The first-order valence-electron chi connectivity index (χ1n) is 9.34. The van der Waals surface area contributed by atoms with Gasteiger partial charge >= 0.3 is 0 Å². The highest BCUT2D eigenvalue weighted by Crippen LogP contribution is 2.16. The largest absolute Gasteiger partial charge is 0.494 e. The zero-order valence-corrected chi connectivity index (χ0v) is 18.3. The van der Waals surface area contributed by atoms with Crippen LogP contribution in [0.2, 0.25) is 0 Å². The van der Waals surface area contributed by atoms with Crippen LogP contribution in [0.15, 0.2) is 76.2 Å². The lowest BCUT2D eigenvalue weighted by molar-refractivity contribution is 0.0977. The van der Waals surface area contributed by atoms with Crippen LogP contribution in [0.25, 0.3) is 0 Å². The van der Waals surface area contributed by atoms with Gasteiger partial charge in [-0.25, -0.2) is 13.1 Å². The maximum atomic E-state index is 12.4. The van der Waals surface area contributed by atoms with Gasteiger partial charge in [0.15, 0.2) is 5.11 Å². The van der Waals surface area contributed by atoms with E-state index in [1.165, 1.54) is 18.4 Å². The molecule has 0 saturated carbocycles. The number of anilines is 1. The van der Waals surface area contributed by atoms with Gasteiger partial charge in [-0.05, 0) is 73.7 Å². The molecule has 3 N–H and O–H groups in total. The smallest absolute Gasteiger partial charge is 0.257 e. The van der Waals surface area contributed by atoms with Crippen molar-refractivity contribution in [3.63, 3.8) is 0 Å². The van der Waals surface area contributed by atoms with Crippen molar-refractivity contribution >= 4 is 38.9 Å². The van der Waals surface area contributed by atoms with E-state index in [9.17, 15) is 13.2 Å². The van der Waals surface area contributed by atoms with Crippen LogP contribution in [0, 0.1) is 0 Å². The van der Waals surface area contributed by atoms with Crippen LogP contribution >= 0.6 is 12.2 Å². The predicted octanol–water partition coefficient (Wildman–Crippen LogP) is 3.28. The highest BCUT2D eigenvalue weighted by molar-refractivity contribution is 7.89. The van der Waals surface area contributed by atoms with Gasteiger partial charge in [-0.2, -0.15) is 0 Å². The summed E-state index contributed by atoms with van der Waals surface area (Å²) in [6, 6.07) is 16.1. The first-order valence-corrected chi connectivity index (χ1v) is 11.2. The van der Waals surface area contributed by atoms with E-state index in [0.717, 1.165) is 0 Å². The molecule has 0 bridgehead atoms. The molecule has 0 aliphatic carbocycles. The standard InChI is InChI=1S/C21H21N3O5S2/c1-2-28-17-6-3-5-15(13-17)20(25)24-21(30)23-16-8-10-19(11-9-16)31(26,27)22-14-18-7-4-12-29-18/h3-13,22H,2,14H2,1H3,(H2,23,24,25,30). The van der Waals surface area contributed by atoms with Gasteiger partial charge in [0.25, 0.3) is 5.91 Å². The number of hydrogen-bond donors (Lipinski definition) is 3. The second-order valence-electron chi connectivity index (χ2n) is 6.30. The molecule has 3 aromatic rings. The average Bonchev–Trinajstić information content (AvgIpc) is 3.27. The number of hydrogen-bond acceptors (Lipinski definition) is 6. The molecule has 1 amide bonds. The van der Waals surface area contributed by atoms with Gasteiger partial charge in [-0.1, -0.05) is 6.07 Å². The summed E-state index contributed by atoms with van der Waals surface area (Å²) in [6.07, 6.45) is 1.47. The molecule has 2 aromatic carbocycles. The van der Waals surface area contributed by atoms with E-state index >= 15 is 0 Å². The summed E-state index contributed by atoms with van der Waals surface area (Å²) in [7, 11) is -3.70. The molecule has 10 heteroatoms. The number of carbonyl (C=O) groups is 1. The van der Waals surface area contributed by atoms with Gasteiger partial charge in [0.05, 0.1) is 24.3 Å². The normalized spacial score (nSPS) is 11.0.